The van der Waals surface area contributed by atoms with Crippen LogP contribution in [0.15, 0.2) is 11.1 Å². The predicted octanol–water partition coefficient (Wildman–Crippen LogP) is 0.554. The zero-order chi connectivity index (χ0) is 10.7. The summed E-state index contributed by atoms with van der Waals surface area (Å²) in [6.07, 6.45) is 3.36. The first kappa shape index (κ1) is 10.4. The maximum absolute atomic E-state index is 11.2. The van der Waals surface area contributed by atoms with E-state index in [-0.39, 0.29) is 22.6 Å². The van der Waals surface area contributed by atoms with E-state index >= 15 is 0 Å². The van der Waals surface area contributed by atoms with Crippen LogP contribution in [0.5, 0.6) is 5.88 Å². The third-order valence-corrected chi connectivity index (χ3v) is 2.63. The molecule has 1 atom stereocenters. The average molecular weight is 230 g/mol. The van der Waals surface area contributed by atoms with Crippen LogP contribution in [0.25, 0.3) is 0 Å². The summed E-state index contributed by atoms with van der Waals surface area (Å²) in [6.45, 7) is 1.78. The van der Waals surface area contributed by atoms with Crippen LogP contribution >= 0.6 is 11.6 Å². The molecule has 5 nitrogen and oxygen atoms in total. The van der Waals surface area contributed by atoms with Crippen LogP contribution in [0.3, 0.4) is 0 Å². The Morgan fingerprint density at radius 3 is 3.20 bits per heavy atom. The maximum atomic E-state index is 11.2. The molecule has 1 aromatic heterocycles. The van der Waals surface area contributed by atoms with Gasteiger partial charge in [-0.15, -0.1) is 0 Å². The molecule has 82 valence electrons. The number of nitrogens with zero attached hydrogens (tertiary/aromatic N) is 1. The Morgan fingerprint density at radius 1 is 1.60 bits per heavy atom. The third kappa shape index (κ3) is 2.49. The van der Waals surface area contributed by atoms with Gasteiger partial charge in [0.1, 0.15) is 6.10 Å². The molecule has 0 saturated carbocycles. The standard InChI is InChI=1S/C9H12ClN3O2/c10-7-8(14)12-5-13-9(7)15-6-2-1-3-11-4-6/h5-6,11H,1-4H2,(H,12,13,14)/t6-/m0/s1. The number of halogens is 1. The molecule has 1 aliphatic heterocycles. The van der Waals surface area contributed by atoms with Crippen molar-refractivity contribution in [1.82, 2.24) is 15.3 Å². The number of ether oxygens (including phenoxy) is 1. The minimum atomic E-state index is -0.370. The van der Waals surface area contributed by atoms with Crippen LogP contribution in [-0.2, 0) is 0 Å². The fourth-order valence-electron chi connectivity index (χ4n) is 1.53. The second-order valence-corrected chi connectivity index (χ2v) is 3.81. The van der Waals surface area contributed by atoms with Gasteiger partial charge in [-0.2, -0.15) is 0 Å². The smallest absolute Gasteiger partial charge is 0.273 e. The Morgan fingerprint density at radius 2 is 2.47 bits per heavy atom. The Labute approximate surface area is 91.8 Å². The average Bonchev–Trinajstić information content (AvgIpc) is 2.26. The summed E-state index contributed by atoms with van der Waals surface area (Å²) in [5.74, 6) is 0.217. The number of nitrogens with one attached hydrogen (secondary N) is 2. The van der Waals surface area contributed by atoms with E-state index in [1.807, 2.05) is 0 Å². The van der Waals surface area contributed by atoms with E-state index < -0.39 is 0 Å². The van der Waals surface area contributed by atoms with Crippen molar-refractivity contribution in [3.8, 4) is 5.88 Å². The van der Waals surface area contributed by atoms with Gasteiger partial charge >= 0.3 is 0 Å². The number of piperidine rings is 1. The number of aromatic amines is 1. The van der Waals surface area contributed by atoms with Gasteiger partial charge in [0.15, 0.2) is 5.02 Å². The first-order valence-corrected chi connectivity index (χ1v) is 5.25. The second kappa shape index (κ2) is 4.63. The van der Waals surface area contributed by atoms with Gasteiger partial charge in [-0.25, -0.2) is 4.98 Å². The van der Waals surface area contributed by atoms with Gasteiger partial charge in [0.2, 0.25) is 5.88 Å². The lowest BCUT2D eigenvalue weighted by Gasteiger charge is -2.23. The number of hydrogen-bond donors (Lipinski definition) is 2. The normalized spacial score (nSPS) is 21.3. The molecule has 0 radical (unpaired) electrons. The highest BCUT2D eigenvalue weighted by molar-refractivity contribution is 6.31. The lowest BCUT2D eigenvalue weighted by atomic mass is 10.1. The van der Waals surface area contributed by atoms with Gasteiger partial charge in [-0.05, 0) is 19.4 Å². The molecule has 1 aromatic rings. The molecule has 6 heteroatoms. The van der Waals surface area contributed by atoms with Crippen molar-refractivity contribution < 1.29 is 4.74 Å². The van der Waals surface area contributed by atoms with Crippen LogP contribution in [-0.4, -0.2) is 29.2 Å². The van der Waals surface area contributed by atoms with Crippen molar-refractivity contribution in [2.75, 3.05) is 13.1 Å². The van der Waals surface area contributed by atoms with Gasteiger partial charge in [0.25, 0.3) is 5.56 Å². The molecule has 0 spiro atoms. The fourth-order valence-corrected chi connectivity index (χ4v) is 1.68. The minimum Gasteiger partial charge on any atom is -0.472 e. The van der Waals surface area contributed by atoms with Gasteiger partial charge < -0.3 is 15.0 Å². The van der Waals surface area contributed by atoms with Crippen molar-refractivity contribution in [2.45, 2.75) is 18.9 Å². The highest BCUT2D eigenvalue weighted by atomic mass is 35.5. The molecule has 0 bridgehead atoms. The largest absolute Gasteiger partial charge is 0.472 e. The number of aromatic nitrogens is 2. The van der Waals surface area contributed by atoms with Crippen molar-refractivity contribution in [1.29, 1.82) is 0 Å². The summed E-state index contributed by atoms with van der Waals surface area (Å²) in [5.41, 5.74) is -0.370. The van der Waals surface area contributed by atoms with Gasteiger partial charge in [-0.1, -0.05) is 11.6 Å². The van der Waals surface area contributed by atoms with E-state index in [9.17, 15) is 4.79 Å². The first-order valence-electron chi connectivity index (χ1n) is 4.88. The van der Waals surface area contributed by atoms with Crippen molar-refractivity contribution >= 4 is 11.6 Å². The number of hydrogen-bond acceptors (Lipinski definition) is 4. The molecule has 1 saturated heterocycles. The zero-order valence-electron chi connectivity index (χ0n) is 8.12. The van der Waals surface area contributed by atoms with Gasteiger partial charge in [0.05, 0.1) is 6.33 Å². The molecule has 2 rings (SSSR count). The van der Waals surface area contributed by atoms with E-state index in [1.54, 1.807) is 0 Å². The van der Waals surface area contributed by atoms with E-state index in [4.69, 9.17) is 16.3 Å². The lowest BCUT2D eigenvalue weighted by Crippen LogP contribution is -2.37. The summed E-state index contributed by atoms with van der Waals surface area (Å²) in [7, 11) is 0. The van der Waals surface area contributed by atoms with Crippen LogP contribution in [0, 0.1) is 0 Å². The predicted molar refractivity (Wildman–Crippen MR) is 56.4 cm³/mol. The molecule has 1 fully saturated rings. The van der Waals surface area contributed by atoms with Crippen molar-refractivity contribution in [2.24, 2.45) is 0 Å². The van der Waals surface area contributed by atoms with E-state index in [0.29, 0.717) is 0 Å². The Hall–Kier alpha value is -1.07. The molecule has 0 unspecified atom stereocenters. The summed E-state index contributed by atoms with van der Waals surface area (Å²) >= 11 is 5.76. The Balaban J connectivity index is 2.09. The molecule has 0 aromatic carbocycles. The summed E-state index contributed by atoms with van der Waals surface area (Å²) in [6, 6.07) is 0. The Kier molecular flexibility index (Phi) is 3.23. The van der Waals surface area contributed by atoms with Gasteiger partial charge in [-0.3, -0.25) is 4.79 Å². The second-order valence-electron chi connectivity index (χ2n) is 3.44. The number of H-pyrrole nitrogens is 1. The van der Waals surface area contributed by atoms with Crippen LogP contribution in [0.4, 0.5) is 0 Å². The summed E-state index contributed by atoms with van der Waals surface area (Å²) in [5, 5.41) is 3.22. The summed E-state index contributed by atoms with van der Waals surface area (Å²) in [4.78, 5) is 17.4. The molecule has 0 aliphatic carbocycles. The molecule has 0 amide bonds. The van der Waals surface area contributed by atoms with Crippen molar-refractivity contribution in [3.63, 3.8) is 0 Å². The molecule has 2 N–H and O–H groups in total. The van der Waals surface area contributed by atoms with Crippen molar-refractivity contribution in [3.05, 3.63) is 21.7 Å². The highest BCUT2D eigenvalue weighted by Crippen LogP contribution is 2.18. The van der Waals surface area contributed by atoms with E-state index in [2.05, 4.69) is 15.3 Å². The van der Waals surface area contributed by atoms with E-state index in [0.717, 1.165) is 25.9 Å². The minimum absolute atomic E-state index is 0.0167. The molecule has 2 heterocycles. The first-order chi connectivity index (χ1) is 7.27. The maximum Gasteiger partial charge on any atom is 0.273 e. The van der Waals surface area contributed by atoms with E-state index in [1.165, 1.54) is 6.33 Å². The fraction of sp³-hybridized carbons (Fsp3) is 0.556. The quantitative estimate of drug-likeness (QED) is 0.778. The molecular formula is C9H12ClN3O2. The topological polar surface area (TPSA) is 67.0 Å². The van der Waals surface area contributed by atoms with Gasteiger partial charge in [0, 0.05) is 6.54 Å². The van der Waals surface area contributed by atoms with Crippen LogP contribution < -0.4 is 15.6 Å². The lowest BCUT2D eigenvalue weighted by molar-refractivity contribution is 0.160. The molecular weight excluding hydrogens is 218 g/mol. The Bertz CT molecular complexity index is 387. The van der Waals surface area contributed by atoms with Crippen LogP contribution in [0.1, 0.15) is 12.8 Å². The highest BCUT2D eigenvalue weighted by Gasteiger charge is 2.17. The van der Waals surface area contributed by atoms with Crippen LogP contribution in [0.2, 0.25) is 5.02 Å². The number of rotatable bonds is 2. The SMILES string of the molecule is O=c1[nH]cnc(O[C@H]2CCCNC2)c1Cl. The molecule has 15 heavy (non-hydrogen) atoms. The summed E-state index contributed by atoms with van der Waals surface area (Å²) < 4.78 is 5.54. The monoisotopic (exact) mass is 229 g/mol. The zero-order valence-corrected chi connectivity index (χ0v) is 8.88. The third-order valence-electron chi connectivity index (χ3n) is 2.29. The molecule has 1 aliphatic rings.